The molecule has 1 atom stereocenters. The van der Waals surface area contributed by atoms with Crippen LogP contribution in [0, 0.1) is 0 Å². The van der Waals surface area contributed by atoms with Crippen LogP contribution in [0.5, 0.6) is 0 Å². The van der Waals surface area contributed by atoms with Crippen LogP contribution in [0.4, 0.5) is 5.82 Å². The van der Waals surface area contributed by atoms with Crippen LogP contribution in [0.25, 0.3) is 11.5 Å². The Hall–Kier alpha value is -3.45. The second kappa shape index (κ2) is 11.4. The minimum atomic E-state index is 0.315. The fourth-order valence-electron chi connectivity index (χ4n) is 4.03. The molecule has 1 unspecified atom stereocenters. The quantitative estimate of drug-likeness (QED) is 0.523. The second-order valence-corrected chi connectivity index (χ2v) is 8.25. The van der Waals surface area contributed by atoms with Crippen LogP contribution < -0.4 is 11.1 Å². The van der Waals surface area contributed by atoms with E-state index in [0.717, 1.165) is 49.6 Å². The average molecular weight is 436 g/mol. The summed E-state index contributed by atoms with van der Waals surface area (Å²) in [6.45, 7) is 3.58. The molecule has 1 saturated heterocycles. The van der Waals surface area contributed by atoms with Crippen molar-refractivity contribution in [2.75, 3.05) is 25.0 Å². The molecule has 3 heterocycles. The molecule has 1 aromatic carbocycles. The Labute approximate surface area is 197 Å². The van der Waals surface area contributed by atoms with Crippen LogP contribution in [0.3, 0.4) is 0 Å². The lowest BCUT2D eigenvalue weighted by Gasteiger charge is -2.32. The SMILES string of the molecule is [B]C(=CN)c1nc(NCc2cccnc2)cc(C2CCCN(C/C=C/c3ccccc3)C2)n1. The molecule has 1 aliphatic heterocycles. The van der Waals surface area contributed by atoms with Gasteiger partial charge in [-0.2, -0.15) is 0 Å². The van der Waals surface area contributed by atoms with Gasteiger partial charge >= 0.3 is 0 Å². The van der Waals surface area contributed by atoms with Crippen LogP contribution in [-0.4, -0.2) is 47.3 Å². The zero-order valence-corrected chi connectivity index (χ0v) is 18.8. The Kier molecular flexibility index (Phi) is 7.87. The van der Waals surface area contributed by atoms with Gasteiger partial charge in [0.25, 0.3) is 0 Å². The van der Waals surface area contributed by atoms with Crippen molar-refractivity contribution < 1.29 is 0 Å². The highest BCUT2D eigenvalue weighted by Gasteiger charge is 2.23. The van der Waals surface area contributed by atoms with E-state index >= 15 is 0 Å². The summed E-state index contributed by atoms with van der Waals surface area (Å²) in [4.78, 5) is 16.0. The standard InChI is InChI=1S/C26H29BN6/c27-23(16-28)26-31-24(15-25(32-26)30-18-21-9-4-12-29-17-21)22-11-6-14-33(19-22)13-5-10-20-7-2-1-3-8-20/h1-5,7-10,12,15-17,22H,6,11,13-14,18-19,28H2,(H,30,31,32)/b10-5+,23-16?. The lowest BCUT2D eigenvalue weighted by molar-refractivity contribution is 0.226. The third-order valence-electron chi connectivity index (χ3n) is 5.78. The fourth-order valence-corrected chi connectivity index (χ4v) is 4.03. The Balaban J connectivity index is 1.47. The number of hydrogen-bond donors (Lipinski definition) is 2. The first kappa shape index (κ1) is 22.7. The molecule has 3 aromatic rings. The van der Waals surface area contributed by atoms with E-state index in [1.165, 1.54) is 11.8 Å². The third kappa shape index (κ3) is 6.52. The molecule has 2 radical (unpaired) electrons. The zero-order valence-electron chi connectivity index (χ0n) is 18.8. The number of pyridine rings is 1. The topological polar surface area (TPSA) is 80.0 Å². The van der Waals surface area contributed by atoms with Gasteiger partial charge in [0, 0.05) is 44.0 Å². The number of likely N-dealkylation sites (tertiary alicyclic amines) is 1. The first-order valence-corrected chi connectivity index (χ1v) is 11.3. The lowest BCUT2D eigenvalue weighted by Crippen LogP contribution is -2.34. The van der Waals surface area contributed by atoms with E-state index in [4.69, 9.17) is 18.6 Å². The summed E-state index contributed by atoms with van der Waals surface area (Å²) in [7, 11) is 6.07. The Morgan fingerprint density at radius 1 is 1.18 bits per heavy atom. The highest BCUT2D eigenvalue weighted by Crippen LogP contribution is 2.28. The molecule has 0 spiro atoms. The van der Waals surface area contributed by atoms with E-state index in [-0.39, 0.29) is 0 Å². The predicted molar refractivity (Wildman–Crippen MR) is 135 cm³/mol. The monoisotopic (exact) mass is 436 g/mol. The summed E-state index contributed by atoms with van der Waals surface area (Å²) in [6, 6.07) is 16.4. The van der Waals surface area contributed by atoms with E-state index in [1.54, 1.807) is 6.20 Å². The van der Waals surface area contributed by atoms with Gasteiger partial charge in [-0.05, 0) is 48.3 Å². The molecule has 0 amide bonds. The van der Waals surface area contributed by atoms with Gasteiger partial charge in [0.05, 0.1) is 5.69 Å². The van der Waals surface area contributed by atoms with Crippen molar-refractivity contribution >= 4 is 25.2 Å². The number of nitrogens with one attached hydrogen (secondary N) is 1. The molecular formula is C26H29BN6. The van der Waals surface area contributed by atoms with Crippen molar-refractivity contribution in [2.45, 2.75) is 25.3 Å². The first-order chi connectivity index (χ1) is 16.2. The van der Waals surface area contributed by atoms with Crippen LogP contribution in [-0.2, 0) is 6.54 Å². The molecule has 0 bridgehead atoms. The number of rotatable bonds is 8. The number of nitrogens with two attached hydrogens (primary N) is 1. The van der Waals surface area contributed by atoms with Crippen LogP contribution >= 0.6 is 0 Å². The number of piperidine rings is 1. The average Bonchev–Trinajstić information content (AvgIpc) is 2.88. The van der Waals surface area contributed by atoms with E-state index in [0.29, 0.717) is 23.8 Å². The molecule has 6 nitrogen and oxygen atoms in total. The highest BCUT2D eigenvalue weighted by molar-refractivity contribution is 6.41. The van der Waals surface area contributed by atoms with Gasteiger partial charge in [-0.25, -0.2) is 9.97 Å². The molecule has 1 fully saturated rings. The van der Waals surface area contributed by atoms with E-state index < -0.39 is 0 Å². The Bertz CT molecular complexity index is 1080. The van der Waals surface area contributed by atoms with Crippen molar-refractivity contribution in [1.82, 2.24) is 19.9 Å². The van der Waals surface area contributed by atoms with Gasteiger partial charge in [-0.1, -0.05) is 48.6 Å². The van der Waals surface area contributed by atoms with Crippen molar-refractivity contribution in [2.24, 2.45) is 5.73 Å². The van der Waals surface area contributed by atoms with Crippen LogP contribution in [0.15, 0.2) is 73.2 Å². The van der Waals surface area contributed by atoms with Gasteiger partial charge in [0.15, 0.2) is 0 Å². The molecule has 1 aliphatic rings. The molecular weight excluding hydrogens is 407 g/mol. The molecule has 4 rings (SSSR count). The summed E-state index contributed by atoms with van der Waals surface area (Å²) in [5.41, 5.74) is 9.33. The van der Waals surface area contributed by atoms with Crippen molar-refractivity contribution in [3.63, 3.8) is 0 Å². The number of anilines is 1. The maximum absolute atomic E-state index is 6.07. The second-order valence-electron chi connectivity index (χ2n) is 8.25. The van der Waals surface area contributed by atoms with Gasteiger partial charge in [0.2, 0.25) is 0 Å². The van der Waals surface area contributed by atoms with Crippen molar-refractivity contribution in [3.05, 3.63) is 95.8 Å². The summed E-state index contributed by atoms with van der Waals surface area (Å²) >= 11 is 0. The maximum Gasteiger partial charge on any atom is 0.148 e. The predicted octanol–water partition coefficient (Wildman–Crippen LogP) is 3.80. The van der Waals surface area contributed by atoms with Crippen molar-refractivity contribution in [3.8, 4) is 0 Å². The molecule has 7 heteroatoms. The number of aromatic nitrogens is 3. The van der Waals surface area contributed by atoms with Gasteiger partial charge in [0.1, 0.15) is 19.5 Å². The highest BCUT2D eigenvalue weighted by atomic mass is 15.1. The van der Waals surface area contributed by atoms with Gasteiger partial charge < -0.3 is 11.1 Å². The van der Waals surface area contributed by atoms with Crippen molar-refractivity contribution in [1.29, 1.82) is 0 Å². The molecule has 2 aromatic heterocycles. The number of hydrogen-bond acceptors (Lipinski definition) is 6. The number of benzene rings is 1. The Morgan fingerprint density at radius 2 is 2.06 bits per heavy atom. The van der Waals surface area contributed by atoms with Crippen LogP contribution in [0.1, 0.15) is 41.4 Å². The molecule has 166 valence electrons. The zero-order chi connectivity index (χ0) is 22.9. The molecule has 0 aliphatic carbocycles. The normalized spacial score (nSPS) is 17.3. The van der Waals surface area contributed by atoms with Crippen LogP contribution in [0.2, 0.25) is 0 Å². The van der Waals surface area contributed by atoms with E-state index in [1.807, 2.05) is 30.5 Å². The molecule has 33 heavy (non-hydrogen) atoms. The minimum Gasteiger partial charge on any atom is -0.405 e. The third-order valence-corrected chi connectivity index (χ3v) is 5.78. The first-order valence-electron chi connectivity index (χ1n) is 11.3. The maximum atomic E-state index is 6.07. The smallest absolute Gasteiger partial charge is 0.148 e. The van der Waals surface area contributed by atoms with Gasteiger partial charge in [-0.3, -0.25) is 9.88 Å². The Morgan fingerprint density at radius 3 is 2.85 bits per heavy atom. The minimum absolute atomic E-state index is 0.315. The molecule has 3 N–H and O–H groups in total. The van der Waals surface area contributed by atoms with E-state index in [2.05, 4.69) is 56.6 Å². The van der Waals surface area contributed by atoms with Gasteiger partial charge in [-0.15, -0.1) is 0 Å². The fraction of sp³-hybridized carbons (Fsp3) is 0.269. The summed E-state index contributed by atoms with van der Waals surface area (Å²) in [5.74, 6) is 1.52. The summed E-state index contributed by atoms with van der Waals surface area (Å²) in [5, 5.41) is 3.38. The van der Waals surface area contributed by atoms with E-state index in [9.17, 15) is 0 Å². The lowest BCUT2D eigenvalue weighted by atomic mass is 9.92. The largest absolute Gasteiger partial charge is 0.405 e. The summed E-state index contributed by atoms with van der Waals surface area (Å²) in [6.07, 6.45) is 11.6. The molecule has 0 saturated carbocycles. The summed E-state index contributed by atoms with van der Waals surface area (Å²) < 4.78 is 0. The number of nitrogens with zero attached hydrogens (tertiary/aromatic N) is 4.